The van der Waals surface area contributed by atoms with Crippen molar-refractivity contribution in [2.24, 2.45) is 0 Å². The number of hydrogen-bond donors (Lipinski definition) is 2. The van der Waals surface area contributed by atoms with Gasteiger partial charge >= 0.3 is 11.7 Å². The van der Waals surface area contributed by atoms with Crippen molar-refractivity contribution < 1.29 is 19.4 Å². The van der Waals surface area contributed by atoms with Gasteiger partial charge in [-0.3, -0.25) is 14.2 Å². The second-order valence-electron chi connectivity index (χ2n) is 4.28. The monoisotopic (exact) mass is 294 g/mol. The molecule has 0 atom stereocenters. The fraction of sp³-hybridized carbons (Fsp3) is 0.308. The minimum atomic E-state index is -1.09. The molecule has 2 rings (SSSR count). The lowest BCUT2D eigenvalue weighted by molar-refractivity contribution is -0.137. The van der Waals surface area contributed by atoms with E-state index in [0.717, 1.165) is 4.57 Å². The van der Waals surface area contributed by atoms with E-state index >= 15 is 0 Å². The third kappa shape index (κ3) is 2.73. The molecule has 0 unspecified atom stereocenters. The predicted molar refractivity (Wildman–Crippen MR) is 74.2 cm³/mol. The Morgan fingerprint density at radius 1 is 1.24 bits per heavy atom. The molecule has 2 aromatic rings. The van der Waals surface area contributed by atoms with Crippen molar-refractivity contribution in [1.82, 2.24) is 9.55 Å². The van der Waals surface area contributed by atoms with Gasteiger partial charge in [0.1, 0.15) is 0 Å². The molecule has 0 amide bonds. The highest BCUT2D eigenvalue weighted by Gasteiger charge is 2.13. The zero-order valence-electron chi connectivity index (χ0n) is 11.5. The van der Waals surface area contributed by atoms with Crippen LogP contribution in [0.2, 0.25) is 0 Å². The maximum atomic E-state index is 12.3. The van der Waals surface area contributed by atoms with E-state index in [1.54, 1.807) is 0 Å². The fourth-order valence-corrected chi connectivity index (χ4v) is 1.99. The van der Waals surface area contributed by atoms with E-state index in [2.05, 4.69) is 4.98 Å². The largest absolute Gasteiger partial charge is 0.493 e. The standard InChI is InChI=1S/C13H14N2O6/c1-20-9-5-7-8(6-10(9)21-2)14-13(19)15(12(7)18)4-3-11(16)17/h5-6H,3-4H2,1-2H3,(H,14,19)(H,16,17). The summed E-state index contributed by atoms with van der Waals surface area (Å²) in [6.45, 7) is -0.201. The van der Waals surface area contributed by atoms with Crippen molar-refractivity contribution in [3.8, 4) is 11.5 Å². The average molecular weight is 294 g/mol. The number of benzene rings is 1. The van der Waals surface area contributed by atoms with E-state index in [0.29, 0.717) is 17.0 Å². The summed E-state index contributed by atoms with van der Waals surface area (Å²) in [4.78, 5) is 37.3. The summed E-state index contributed by atoms with van der Waals surface area (Å²) >= 11 is 0. The molecule has 0 fully saturated rings. The molecule has 1 heterocycles. The number of methoxy groups -OCH3 is 2. The van der Waals surface area contributed by atoms with Gasteiger partial charge < -0.3 is 19.6 Å². The molecular weight excluding hydrogens is 280 g/mol. The third-order valence-electron chi connectivity index (χ3n) is 3.04. The predicted octanol–water partition coefficient (Wildman–Crippen LogP) is 0.182. The first-order chi connectivity index (χ1) is 9.97. The number of hydrogen-bond acceptors (Lipinski definition) is 5. The van der Waals surface area contributed by atoms with Crippen LogP contribution in [0.25, 0.3) is 10.9 Å². The van der Waals surface area contributed by atoms with E-state index in [4.69, 9.17) is 14.6 Å². The van der Waals surface area contributed by atoms with Crippen LogP contribution in [0.5, 0.6) is 11.5 Å². The number of carbonyl (C=O) groups is 1. The van der Waals surface area contributed by atoms with Crippen molar-refractivity contribution in [3.63, 3.8) is 0 Å². The molecule has 0 aliphatic heterocycles. The number of aliphatic carboxylic acids is 1. The van der Waals surface area contributed by atoms with Gasteiger partial charge in [0.05, 0.1) is 31.5 Å². The van der Waals surface area contributed by atoms with Gasteiger partial charge in [-0.1, -0.05) is 0 Å². The van der Waals surface area contributed by atoms with Gasteiger partial charge in [-0.15, -0.1) is 0 Å². The molecule has 8 heteroatoms. The maximum Gasteiger partial charge on any atom is 0.328 e. The Morgan fingerprint density at radius 3 is 2.43 bits per heavy atom. The molecular formula is C13H14N2O6. The second kappa shape index (κ2) is 5.70. The van der Waals surface area contributed by atoms with E-state index in [9.17, 15) is 14.4 Å². The van der Waals surface area contributed by atoms with Gasteiger partial charge in [-0.2, -0.15) is 0 Å². The highest BCUT2D eigenvalue weighted by atomic mass is 16.5. The Balaban J connectivity index is 2.67. The molecule has 1 aromatic carbocycles. The fourth-order valence-electron chi connectivity index (χ4n) is 1.99. The number of nitrogens with zero attached hydrogens (tertiary/aromatic N) is 1. The second-order valence-corrected chi connectivity index (χ2v) is 4.28. The van der Waals surface area contributed by atoms with Crippen molar-refractivity contribution in [2.75, 3.05) is 14.2 Å². The number of nitrogens with one attached hydrogen (secondary N) is 1. The summed E-state index contributed by atoms with van der Waals surface area (Å²) in [7, 11) is 2.87. The van der Waals surface area contributed by atoms with Crippen molar-refractivity contribution >= 4 is 16.9 Å². The normalized spacial score (nSPS) is 10.6. The molecule has 21 heavy (non-hydrogen) atoms. The Morgan fingerprint density at radius 2 is 1.86 bits per heavy atom. The Labute approximate surface area is 118 Å². The average Bonchev–Trinajstić information content (AvgIpc) is 2.45. The maximum absolute atomic E-state index is 12.3. The topological polar surface area (TPSA) is 111 Å². The number of carboxylic acid groups (broad SMARTS) is 1. The number of aromatic nitrogens is 2. The number of ether oxygens (including phenoxy) is 2. The van der Waals surface area contributed by atoms with Crippen LogP contribution in [0.4, 0.5) is 0 Å². The van der Waals surface area contributed by atoms with Gasteiger partial charge in [0, 0.05) is 12.6 Å². The van der Waals surface area contributed by atoms with Crippen LogP contribution in [0.1, 0.15) is 6.42 Å². The Kier molecular flexibility index (Phi) is 3.97. The number of rotatable bonds is 5. The SMILES string of the molecule is COc1cc2[nH]c(=O)n(CCC(=O)O)c(=O)c2cc1OC. The molecule has 1 aromatic heterocycles. The lowest BCUT2D eigenvalue weighted by atomic mass is 10.2. The molecule has 0 aliphatic rings. The quantitative estimate of drug-likeness (QED) is 0.814. The zero-order chi connectivity index (χ0) is 15.6. The molecule has 8 nitrogen and oxygen atoms in total. The molecule has 0 saturated heterocycles. The lowest BCUT2D eigenvalue weighted by Gasteiger charge is -2.10. The number of carboxylic acids is 1. The first-order valence-electron chi connectivity index (χ1n) is 6.08. The van der Waals surface area contributed by atoms with Gasteiger partial charge in [0.15, 0.2) is 11.5 Å². The molecule has 0 bridgehead atoms. The summed E-state index contributed by atoms with van der Waals surface area (Å²) < 4.78 is 11.1. The van der Waals surface area contributed by atoms with Gasteiger partial charge in [-0.25, -0.2) is 4.79 Å². The van der Waals surface area contributed by atoms with Crippen LogP contribution >= 0.6 is 0 Å². The molecule has 112 valence electrons. The zero-order valence-corrected chi connectivity index (χ0v) is 11.5. The molecule has 0 saturated carbocycles. The van der Waals surface area contributed by atoms with E-state index in [1.807, 2.05) is 0 Å². The molecule has 2 N–H and O–H groups in total. The van der Waals surface area contributed by atoms with Gasteiger partial charge in [-0.05, 0) is 6.07 Å². The van der Waals surface area contributed by atoms with Crippen LogP contribution < -0.4 is 20.7 Å². The van der Waals surface area contributed by atoms with Crippen LogP contribution in [-0.4, -0.2) is 34.8 Å². The summed E-state index contributed by atoms with van der Waals surface area (Å²) in [6, 6.07) is 2.93. The van der Waals surface area contributed by atoms with Crippen LogP contribution in [0, 0.1) is 0 Å². The highest BCUT2D eigenvalue weighted by Crippen LogP contribution is 2.29. The summed E-state index contributed by atoms with van der Waals surface area (Å²) in [6.07, 6.45) is -0.318. The van der Waals surface area contributed by atoms with Crippen LogP contribution in [0.3, 0.4) is 0 Å². The number of aromatic amines is 1. The summed E-state index contributed by atoms with van der Waals surface area (Å²) in [5, 5.41) is 8.88. The molecule has 0 radical (unpaired) electrons. The van der Waals surface area contributed by atoms with Gasteiger partial charge in [0.25, 0.3) is 5.56 Å². The van der Waals surface area contributed by atoms with E-state index in [1.165, 1.54) is 26.4 Å². The third-order valence-corrected chi connectivity index (χ3v) is 3.04. The number of H-pyrrole nitrogens is 1. The first kappa shape index (κ1) is 14.6. The van der Waals surface area contributed by atoms with Crippen LogP contribution in [0.15, 0.2) is 21.7 Å². The summed E-state index contributed by atoms with van der Waals surface area (Å²) in [5.74, 6) is -0.365. The molecule has 0 aliphatic carbocycles. The molecule has 0 spiro atoms. The van der Waals surface area contributed by atoms with E-state index in [-0.39, 0.29) is 18.4 Å². The Hall–Kier alpha value is -2.77. The summed E-state index contributed by atoms with van der Waals surface area (Å²) in [5.41, 5.74) is -0.939. The van der Waals surface area contributed by atoms with E-state index < -0.39 is 17.2 Å². The van der Waals surface area contributed by atoms with Crippen molar-refractivity contribution in [2.45, 2.75) is 13.0 Å². The van der Waals surface area contributed by atoms with Gasteiger partial charge in [0.2, 0.25) is 0 Å². The minimum Gasteiger partial charge on any atom is -0.493 e. The number of fused-ring (bicyclic) bond motifs is 1. The first-order valence-corrected chi connectivity index (χ1v) is 6.08. The highest BCUT2D eigenvalue weighted by molar-refractivity contribution is 5.81. The Bertz CT molecular complexity index is 805. The minimum absolute atomic E-state index is 0.201. The van der Waals surface area contributed by atoms with Crippen molar-refractivity contribution in [1.29, 1.82) is 0 Å². The van der Waals surface area contributed by atoms with Crippen molar-refractivity contribution in [3.05, 3.63) is 33.0 Å². The lowest BCUT2D eigenvalue weighted by Crippen LogP contribution is -2.35. The van der Waals surface area contributed by atoms with Crippen LogP contribution in [-0.2, 0) is 11.3 Å². The smallest absolute Gasteiger partial charge is 0.328 e.